The molecule has 3 N–H and O–H groups in total. The van der Waals surface area contributed by atoms with Gasteiger partial charge in [0.2, 0.25) is 0 Å². The molecule has 0 aliphatic carbocycles. The van der Waals surface area contributed by atoms with E-state index in [0.29, 0.717) is 17.3 Å². The average Bonchev–Trinajstić information content (AvgIpc) is 2.80. The summed E-state index contributed by atoms with van der Waals surface area (Å²) in [4.78, 5) is 4.33. The van der Waals surface area contributed by atoms with E-state index in [1.54, 1.807) is 25.3 Å². The molecule has 0 aliphatic rings. The maximum absolute atomic E-state index is 5.71. The molecule has 2 aromatic carbocycles. The van der Waals surface area contributed by atoms with E-state index < -0.39 is 0 Å². The van der Waals surface area contributed by atoms with Crippen LogP contribution in [-0.2, 0) is 0 Å². The number of nitrogen functional groups attached to an aromatic ring is 1. The van der Waals surface area contributed by atoms with Gasteiger partial charge in [-0.05, 0) is 30.3 Å². The molecular formula is C14H13N3O2. The van der Waals surface area contributed by atoms with E-state index in [1.807, 2.05) is 24.3 Å². The third-order valence-corrected chi connectivity index (χ3v) is 2.76. The number of nitrogens with one attached hydrogen (secondary N) is 1. The van der Waals surface area contributed by atoms with Crippen LogP contribution in [0.1, 0.15) is 0 Å². The maximum atomic E-state index is 5.71. The molecule has 0 saturated carbocycles. The highest BCUT2D eigenvalue weighted by molar-refractivity contribution is 5.79. The van der Waals surface area contributed by atoms with Crippen molar-refractivity contribution >= 4 is 28.5 Å². The number of hydrogen-bond donors (Lipinski definition) is 2. The highest BCUT2D eigenvalue weighted by Crippen LogP contribution is 2.28. The third kappa shape index (κ3) is 2.18. The van der Waals surface area contributed by atoms with E-state index >= 15 is 0 Å². The molecule has 96 valence electrons. The number of benzene rings is 2. The largest absolute Gasteiger partial charge is 0.495 e. The Balaban J connectivity index is 1.96. The van der Waals surface area contributed by atoms with Gasteiger partial charge in [-0.15, -0.1) is 0 Å². The molecule has 0 unspecified atom stereocenters. The predicted molar refractivity (Wildman–Crippen MR) is 74.7 cm³/mol. The van der Waals surface area contributed by atoms with Gasteiger partial charge in [0.15, 0.2) is 5.58 Å². The van der Waals surface area contributed by atoms with E-state index in [-0.39, 0.29) is 0 Å². The van der Waals surface area contributed by atoms with Gasteiger partial charge < -0.3 is 20.2 Å². The minimum Gasteiger partial charge on any atom is -0.495 e. The summed E-state index contributed by atoms with van der Waals surface area (Å²) in [6.07, 6.45) is 0. The normalized spacial score (nSPS) is 10.6. The van der Waals surface area contributed by atoms with Gasteiger partial charge in [-0.25, -0.2) is 0 Å². The molecule has 5 heteroatoms. The Labute approximate surface area is 110 Å². The lowest BCUT2D eigenvalue weighted by molar-refractivity contribution is 0.416. The smallest absolute Gasteiger partial charge is 0.300 e. The topological polar surface area (TPSA) is 73.3 Å². The van der Waals surface area contributed by atoms with Gasteiger partial charge in [0.25, 0.3) is 6.01 Å². The number of nitrogens with two attached hydrogens (primary N) is 1. The first-order valence-electron chi connectivity index (χ1n) is 5.82. The lowest BCUT2D eigenvalue weighted by Crippen LogP contribution is -1.94. The van der Waals surface area contributed by atoms with Gasteiger partial charge in [0.05, 0.1) is 12.8 Å². The molecule has 0 fully saturated rings. The quantitative estimate of drug-likeness (QED) is 0.703. The van der Waals surface area contributed by atoms with Crippen LogP contribution in [0, 0.1) is 0 Å². The van der Waals surface area contributed by atoms with Crippen molar-refractivity contribution in [1.82, 2.24) is 4.98 Å². The van der Waals surface area contributed by atoms with E-state index in [1.165, 1.54) is 0 Å². The standard InChI is InChI=1S/C14H13N3O2/c1-18-12-5-3-2-4-10(12)16-14-17-11-8-9(15)6-7-13(11)19-14/h2-8H,15H2,1H3,(H,16,17). The van der Waals surface area contributed by atoms with E-state index in [4.69, 9.17) is 14.9 Å². The Kier molecular flexibility index (Phi) is 2.72. The van der Waals surface area contributed by atoms with Crippen LogP contribution in [0.25, 0.3) is 11.1 Å². The minimum absolute atomic E-state index is 0.408. The summed E-state index contributed by atoms with van der Waals surface area (Å²) in [5.41, 5.74) is 8.57. The highest BCUT2D eigenvalue weighted by atomic mass is 16.5. The molecule has 19 heavy (non-hydrogen) atoms. The molecule has 3 aromatic rings. The molecule has 1 aromatic heterocycles. The van der Waals surface area contributed by atoms with E-state index in [9.17, 15) is 0 Å². The van der Waals surface area contributed by atoms with Crippen molar-refractivity contribution in [3.8, 4) is 5.75 Å². The number of methoxy groups -OCH3 is 1. The fourth-order valence-corrected chi connectivity index (χ4v) is 1.86. The van der Waals surface area contributed by atoms with Gasteiger partial charge in [-0.1, -0.05) is 12.1 Å². The number of nitrogens with zero attached hydrogens (tertiary/aromatic N) is 1. The van der Waals surface area contributed by atoms with Crippen LogP contribution in [0.3, 0.4) is 0 Å². The van der Waals surface area contributed by atoms with Crippen LogP contribution in [0.5, 0.6) is 5.75 Å². The predicted octanol–water partition coefficient (Wildman–Crippen LogP) is 3.16. The lowest BCUT2D eigenvalue weighted by Gasteiger charge is -2.07. The zero-order valence-electron chi connectivity index (χ0n) is 10.4. The van der Waals surface area contributed by atoms with Gasteiger partial charge in [0.1, 0.15) is 11.3 Å². The molecule has 0 aliphatic heterocycles. The van der Waals surface area contributed by atoms with Crippen molar-refractivity contribution in [3.05, 3.63) is 42.5 Å². The molecule has 0 amide bonds. The summed E-state index contributed by atoms with van der Waals surface area (Å²) >= 11 is 0. The van der Waals surface area contributed by atoms with E-state index in [2.05, 4.69) is 10.3 Å². The van der Waals surface area contributed by atoms with Crippen molar-refractivity contribution in [1.29, 1.82) is 0 Å². The summed E-state index contributed by atoms with van der Waals surface area (Å²) in [5, 5.41) is 3.09. The zero-order chi connectivity index (χ0) is 13.2. The molecule has 1 heterocycles. The second-order valence-electron chi connectivity index (χ2n) is 4.07. The number of rotatable bonds is 3. The molecule has 0 saturated heterocycles. The lowest BCUT2D eigenvalue weighted by atomic mass is 10.3. The Morgan fingerprint density at radius 3 is 2.89 bits per heavy atom. The molecule has 0 spiro atoms. The molecule has 0 bridgehead atoms. The minimum atomic E-state index is 0.408. The first-order valence-corrected chi connectivity index (χ1v) is 5.82. The molecular weight excluding hydrogens is 242 g/mol. The molecule has 0 radical (unpaired) electrons. The van der Waals surface area contributed by atoms with E-state index in [0.717, 1.165) is 17.0 Å². The first kappa shape index (κ1) is 11.4. The number of anilines is 3. The van der Waals surface area contributed by atoms with Crippen molar-refractivity contribution in [2.24, 2.45) is 0 Å². The summed E-state index contributed by atoms with van der Waals surface area (Å²) in [6.45, 7) is 0. The summed E-state index contributed by atoms with van der Waals surface area (Å²) in [5.74, 6) is 0.726. The van der Waals surface area contributed by atoms with Crippen LogP contribution in [0.4, 0.5) is 17.4 Å². The van der Waals surface area contributed by atoms with Crippen molar-refractivity contribution in [2.45, 2.75) is 0 Å². The number of hydrogen-bond acceptors (Lipinski definition) is 5. The van der Waals surface area contributed by atoms with Crippen molar-refractivity contribution in [2.75, 3.05) is 18.2 Å². The summed E-state index contributed by atoms with van der Waals surface area (Å²) in [7, 11) is 1.62. The molecule has 3 rings (SSSR count). The van der Waals surface area contributed by atoms with Crippen molar-refractivity contribution in [3.63, 3.8) is 0 Å². The third-order valence-electron chi connectivity index (χ3n) is 2.76. The zero-order valence-corrected chi connectivity index (χ0v) is 10.4. The second kappa shape index (κ2) is 4.53. The number of aromatic nitrogens is 1. The first-order chi connectivity index (χ1) is 9.26. The van der Waals surface area contributed by atoms with Crippen LogP contribution in [0.2, 0.25) is 0 Å². The monoisotopic (exact) mass is 255 g/mol. The Bertz CT molecular complexity index is 722. The number of ether oxygens (including phenoxy) is 1. The van der Waals surface area contributed by atoms with Crippen LogP contribution in [-0.4, -0.2) is 12.1 Å². The Hall–Kier alpha value is -2.69. The summed E-state index contributed by atoms with van der Waals surface area (Å²) in [6, 6.07) is 13.3. The van der Waals surface area contributed by atoms with Crippen LogP contribution >= 0.6 is 0 Å². The second-order valence-corrected chi connectivity index (χ2v) is 4.07. The number of oxazole rings is 1. The maximum Gasteiger partial charge on any atom is 0.300 e. The van der Waals surface area contributed by atoms with Gasteiger partial charge >= 0.3 is 0 Å². The van der Waals surface area contributed by atoms with Crippen LogP contribution in [0.15, 0.2) is 46.9 Å². The van der Waals surface area contributed by atoms with Gasteiger partial charge in [-0.3, -0.25) is 0 Å². The van der Waals surface area contributed by atoms with Gasteiger partial charge in [-0.2, -0.15) is 4.98 Å². The van der Waals surface area contributed by atoms with Crippen LogP contribution < -0.4 is 15.8 Å². The number of fused-ring (bicyclic) bond motifs is 1. The fraction of sp³-hybridized carbons (Fsp3) is 0.0714. The SMILES string of the molecule is COc1ccccc1Nc1nc2cc(N)ccc2o1. The van der Waals surface area contributed by atoms with Gasteiger partial charge in [0, 0.05) is 5.69 Å². The fourth-order valence-electron chi connectivity index (χ4n) is 1.86. The molecule has 0 atom stereocenters. The summed E-state index contributed by atoms with van der Waals surface area (Å²) < 4.78 is 10.9. The Morgan fingerprint density at radius 2 is 2.05 bits per heavy atom. The highest BCUT2D eigenvalue weighted by Gasteiger charge is 2.08. The number of para-hydroxylation sites is 2. The Morgan fingerprint density at radius 1 is 1.21 bits per heavy atom. The van der Waals surface area contributed by atoms with Crippen molar-refractivity contribution < 1.29 is 9.15 Å². The average molecular weight is 255 g/mol. The molecule has 5 nitrogen and oxygen atoms in total.